The summed E-state index contributed by atoms with van der Waals surface area (Å²) in [6.07, 6.45) is 3.31. The molecule has 0 saturated heterocycles. The van der Waals surface area contributed by atoms with Crippen LogP contribution in [0.1, 0.15) is 36.5 Å². The van der Waals surface area contributed by atoms with Gasteiger partial charge in [-0.05, 0) is 56.0 Å². The van der Waals surface area contributed by atoms with Gasteiger partial charge in [0, 0.05) is 19.1 Å². The third-order valence-corrected chi connectivity index (χ3v) is 4.08. The van der Waals surface area contributed by atoms with E-state index in [0.29, 0.717) is 5.56 Å². The van der Waals surface area contributed by atoms with Crippen LogP contribution in [0, 0.1) is 11.3 Å². The van der Waals surface area contributed by atoms with E-state index < -0.39 is 0 Å². The number of nitriles is 1. The quantitative estimate of drug-likeness (QED) is 0.710. The SMILES string of the molecule is C[C@@H](CN1CCCCc2ccc(C#N)cc2C1)NC(=O)CNO. The summed E-state index contributed by atoms with van der Waals surface area (Å²) in [5.74, 6) is -0.223. The second-order valence-electron chi connectivity index (χ2n) is 6.09. The van der Waals surface area contributed by atoms with Crippen molar-refractivity contribution in [3.63, 3.8) is 0 Å². The van der Waals surface area contributed by atoms with E-state index in [9.17, 15) is 4.79 Å². The Balaban J connectivity index is 2.02. The lowest BCUT2D eigenvalue weighted by Crippen LogP contribution is -2.44. The van der Waals surface area contributed by atoms with E-state index in [1.54, 1.807) is 0 Å². The van der Waals surface area contributed by atoms with Crippen molar-refractivity contribution in [2.45, 2.75) is 38.8 Å². The van der Waals surface area contributed by atoms with Gasteiger partial charge in [0.15, 0.2) is 0 Å². The van der Waals surface area contributed by atoms with Crippen molar-refractivity contribution in [1.82, 2.24) is 15.7 Å². The summed E-state index contributed by atoms with van der Waals surface area (Å²) in [7, 11) is 0. The summed E-state index contributed by atoms with van der Waals surface area (Å²) in [4.78, 5) is 13.8. The van der Waals surface area contributed by atoms with Crippen LogP contribution in [0.4, 0.5) is 0 Å². The number of hydroxylamine groups is 1. The normalized spacial score (nSPS) is 16.6. The summed E-state index contributed by atoms with van der Waals surface area (Å²) >= 11 is 0. The number of fused-ring (bicyclic) bond motifs is 1. The Hall–Kier alpha value is -1.94. The second-order valence-corrected chi connectivity index (χ2v) is 6.09. The number of carbonyl (C=O) groups excluding carboxylic acids is 1. The predicted octanol–water partition coefficient (Wildman–Crippen LogP) is 1.18. The maximum absolute atomic E-state index is 11.5. The number of benzene rings is 1. The molecule has 6 nitrogen and oxygen atoms in total. The first-order chi connectivity index (χ1) is 11.1. The molecule has 124 valence electrons. The van der Waals surface area contributed by atoms with Crippen molar-refractivity contribution >= 4 is 5.91 Å². The van der Waals surface area contributed by atoms with Gasteiger partial charge in [-0.3, -0.25) is 9.69 Å². The van der Waals surface area contributed by atoms with Crippen molar-refractivity contribution in [3.05, 3.63) is 34.9 Å². The van der Waals surface area contributed by atoms with Crippen LogP contribution in [0.2, 0.25) is 0 Å². The first-order valence-electron chi connectivity index (χ1n) is 8.03. The molecule has 0 saturated carbocycles. The van der Waals surface area contributed by atoms with Gasteiger partial charge in [-0.1, -0.05) is 6.07 Å². The summed E-state index contributed by atoms with van der Waals surface area (Å²) < 4.78 is 0. The molecule has 0 aliphatic carbocycles. The lowest BCUT2D eigenvalue weighted by atomic mass is 9.97. The standard InChI is InChI=1S/C17H24N4O2/c1-13(20-17(22)10-19-23)11-21-7-3-2-4-15-6-5-14(9-18)8-16(15)12-21/h5-6,8,13,19,23H,2-4,7,10-12H2,1H3,(H,20,22)/t13-/m0/s1. The van der Waals surface area contributed by atoms with Crippen LogP contribution in [0.5, 0.6) is 0 Å². The zero-order chi connectivity index (χ0) is 16.7. The Labute approximate surface area is 137 Å². The maximum Gasteiger partial charge on any atom is 0.236 e. The van der Waals surface area contributed by atoms with E-state index in [2.05, 4.69) is 22.4 Å². The Morgan fingerprint density at radius 2 is 2.26 bits per heavy atom. The van der Waals surface area contributed by atoms with Crippen molar-refractivity contribution in [2.75, 3.05) is 19.6 Å². The fraction of sp³-hybridized carbons (Fsp3) is 0.529. The molecule has 3 N–H and O–H groups in total. The number of hydrogen-bond acceptors (Lipinski definition) is 5. The third kappa shape index (κ3) is 5.32. The fourth-order valence-corrected chi connectivity index (χ4v) is 3.04. The summed E-state index contributed by atoms with van der Waals surface area (Å²) in [6.45, 7) is 4.38. The summed E-state index contributed by atoms with van der Waals surface area (Å²) in [5, 5.41) is 20.5. The van der Waals surface area contributed by atoms with Crippen LogP contribution in [-0.2, 0) is 17.8 Å². The first kappa shape index (κ1) is 17.4. The highest BCUT2D eigenvalue weighted by Crippen LogP contribution is 2.20. The van der Waals surface area contributed by atoms with E-state index in [0.717, 1.165) is 38.9 Å². The lowest BCUT2D eigenvalue weighted by Gasteiger charge is -2.29. The van der Waals surface area contributed by atoms with Gasteiger partial charge in [0.05, 0.1) is 18.2 Å². The molecule has 1 amide bonds. The summed E-state index contributed by atoms with van der Waals surface area (Å²) in [5.41, 5.74) is 5.08. The molecule has 1 atom stereocenters. The average molecular weight is 316 g/mol. The van der Waals surface area contributed by atoms with E-state index in [1.165, 1.54) is 11.1 Å². The molecule has 0 fully saturated rings. The minimum atomic E-state index is -0.223. The largest absolute Gasteiger partial charge is 0.351 e. The van der Waals surface area contributed by atoms with Crippen molar-refractivity contribution < 1.29 is 10.0 Å². The fourth-order valence-electron chi connectivity index (χ4n) is 3.04. The van der Waals surface area contributed by atoms with E-state index in [1.807, 2.05) is 24.5 Å². The highest BCUT2D eigenvalue weighted by atomic mass is 16.5. The molecule has 0 spiro atoms. The van der Waals surface area contributed by atoms with Gasteiger partial charge in [0.1, 0.15) is 0 Å². The Bertz CT molecular complexity index is 582. The van der Waals surface area contributed by atoms with Gasteiger partial charge < -0.3 is 10.5 Å². The van der Waals surface area contributed by atoms with Gasteiger partial charge in [-0.25, -0.2) is 0 Å². The van der Waals surface area contributed by atoms with E-state index in [-0.39, 0.29) is 18.5 Å². The third-order valence-electron chi connectivity index (χ3n) is 4.08. The first-order valence-corrected chi connectivity index (χ1v) is 8.03. The molecule has 1 aromatic rings. The maximum atomic E-state index is 11.5. The van der Waals surface area contributed by atoms with Crippen LogP contribution < -0.4 is 10.8 Å². The molecular weight excluding hydrogens is 292 g/mol. The Kier molecular flexibility index (Phi) is 6.53. The van der Waals surface area contributed by atoms with E-state index >= 15 is 0 Å². The van der Waals surface area contributed by atoms with Gasteiger partial charge in [0.2, 0.25) is 5.91 Å². The van der Waals surface area contributed by atoms with Crippen LogP contribution in [0.15, 0.2) is 18.2 Å². The molecule has 0 radical (unpaired) electrons. The molecule has 23 heavy (non-hydrogen) atoms. The van der Waals surface area contributed by atoms with Crippen molar-refractivity contribution in [1.29, 1.82) is 5.26 Å². The molecule has 1 aromatic carbocycles. The molecule has 0 aromatic heterocycles. The Morgan fingerprint density at radius 3 is 3.00 bits per heavy atom. The van der Waals surface area contributed by atoms with Crippen LogP contribution in [0.25, 0.3) is 0 Å². The molecule has 6 heteroatoms. The predicted molar refractivity (Wildman–Crippen MR) is 86.8 cm³/mol. The second kappa shape index (κ2) is 8.63. The summed E-state index contributed by atoms with van der Waals surface area (Å²) in [6, 6.07) is 8.13. The number of hydrogen-bond donors (Lipinski definition) is 3. The number of rotatable bonds is 5. The molecule has 0 unspecified atom stereocenters. The Morgan fingerprint density at radius 1 is 1.43 bits per heavy atom. The lowest BCUT2D eigenvalue weighted by molar-refractivity contribution is -0.122. The number of amides is 1. The van der Waals surface area contributed by atoms with Crippen LogP contribution >= 0.6 is 0 Å². The highest BCUT2D eigenvalue weighted by molar-refractivity contribution is 5.78. The van der Waals surface area contributed by atoms with Crippen molar-refractivity contribution in [2.24, 2.45) is 0 Å². The van der Waals surface area contributed by atoms with Gasteiger partial charge in [0.25, 0.3) is 0 Å². The van der Waals surface area contributed by atoms with Gasteiger partial charge in [-0.15, -0.1) is 0 Å². The van der Waals surface area contributed by atoms with E-state index in [4.69, 9.17) is 10.5 Å². The van der Waals surface area contributed by atoms with Crippen LogP contribution in [0.3, 0.4) is 0 Å². The number of nitrogens with zero attached hydrogens (tertiary/aromatic N) is 2. The molecule has 1 aliphatic rings. The minimum Gasteiger partial charge on any atom is -0.351 e. The molecule has 2 rings (SSSR count). The smallest absolute Gasteiger partial charge is 0.236 e. The zero-order valence-corrected chi connectivity index (χ0v) is 13.5. The average Bonchev–Trinajstić information content (AvgIpc) is 2.49. The highest BCUT2D eigenvalue weighted by Gasteiger charge is 2.16. The monoisotopic (exact) mass is 316 g/mol. The molecule has 1 aliphatic heterocycles. The zero-order valence-electron chi connectivity index (χ0n) is 13.5. The topological polar surface area (TPSA) is 88.4 Å². The molecule has 1 heterocycles. The molecular formula is C17H24N4O2. The van der Waals surface area contributed by atoms with Gasteiger partial charge >= 0.3 is 0 Å². The van der Waals surface area contributed by atoms with Crippen molar-refractivity contribution in [3.8, 4) is 6.07 Å². The number of aryl methyl sites for hydroxylation is 1. The minimum absolute atomic E-state index is 0.00197. The molecule has 0 bridgehead atoms. The van der Waals surface area contributed by atoms with Crippen LogP contribution in [-0.4, -0.2) is 41.7 Å². The number of nitrogens with one attached hydrogen (secondary N) is 2. The van der Waals surface area contributed by atoms with Gasteiger partial charge in [-0.2, -0.15) is 10.7 Å². The number of carbonyl (C=O) groups is 1.